The van der Waals surface area contributed by atoms with Gasteiger partial charge < -0.3 is 5.32 Å². The molecule has 1 aliphatic heterocycles. The molecule has 0 fully saturated rings. The Balaban J connectivity index is 1.44. The second-order valence-corrected chi connectivity index (χ2v) is 10.3. The third-order valence-electron chi connectivity index (χ3n) is 7.23. The summed E-state index contributed by atoms with van der Waals surface area (Å²) in [6.07, 6.45) is 10.2. The molecular weight excluding hydrogens is 530 g/mol. The molecule has 1 N–H and O–H groups in total. The molecule has 1 aromatic carbocycles. The van der Waals surface area contributed by atoms with Crippen LogP contribution in [0.1, 0.15) is 37.9 Å². The number of halogens is 1. The molecule has 5 heterocycles. The molecule has 1 amide bonds. The molecule has 0 saturated carbocycles. The number of rotatable bonds is 3. The smallest absolute Gasteiger partial charge is 0.254 e. The van der Waals surface area contributed by atoms with Crippen LogP contribution in [-0.4, -0.2) is 45.2 Å². The monoisotopic (exact) mass is 555 g/mol. The van der Waals surface area contributed by atoms with Gasteiger partial charge in [0.2, 0.25) is 5.91 Å². The molecule has 2 bridgehead atoms. The summed E-state index contributed by atoms with van der Waals surface area (Å²) in [5.41, 5.74) is 4.57. The van der Waals surface area contributed by atoms with Crippen LogP contribution in [0.5, 0.6) is 0 Å². The van der Waals surface area contributed by atoms with Crippen molar-refractivity contribution in [2.24, 2.45) is 13.0 Å². The van der Waals surface area contributed by atoms with E-state index >= 15 is 0 Å². The van der Waals surface area contributed by atoms with E-state index in [2.05, 4.69) is 30.7 Å². The number of hydrogen-bond acceptors (Lipinski definition) is 7. The summed E-state index contributed by atoms with van der Waals surface area (Å²) < 4.78 is 4.93. The SMILES string of the molecule is C[C@@H]1CCC[C@H](n2cnc(-c3cc(Cl)ccc3-n3ccnn3)cc2=O)c2cc(ccn2)-c2c(cnn2C)NC1=O. The summed E-state index contributed by atoms with van der Waals surface area (Å²) in [6, 6.07) is 10.3. The lowest BCUT2D eigenvalue weighted by molar-refractivity contribution is -0.119. The Morgan fingerprint density at radius 3 is 2.73 bits per heavy atom. The first-order valence-corrected chi connectivity index (χ1v) is 13.3. The molecule has 6 rings (SSSR count). The fourth-order valence-corrected chi connectivity index (χ4v) is 5.30. The first-order chi connectivity index (χ1) is 19.4. The van der Waals surface area contributed by atoms with Crippen molar-refractivity contribution in [3.63, 3.8) is 0 Å². The van der Waals surface area contributed by atoms with Gasteiger partial charge in [0.05, 0.1) is 59.4 Å². The molecule has 1 aliphatic rings. The zero-order chi connectivity index (χ0) is 27.8. The predicted octanol–water partition coefficient (Wildman–Crippen LogP) is 4.29. The number of carbonyl (C=O) groups excluding carboxylic acids is 1. The Bertz CT molecular complexity index is 1760. The number of pyridine rings is 1. The lowest BCUT2D eigenvalue weighted by Gasteiger charge is -2.22. The zero-order valence-electron chi connectivity index (χ0n) is 21.9. The van der Waals surface area contributed by atoms with Crippen molar-refractivity contribution in [2.45, 2.75) is 32.2 Å². The number of carbonyl (C=O) groups is 1. The lowest BCUT2D eigenvalue weighted by Crippen LogP contribution is -2.27. The minimum Gasteiger partial charge on any atom is -0.323 e. The number of nitrogens with zero attached hydrogens (tertiary/aromatic N) is 8. The van der Waals surface area contributed by atoms with Crippen molar-refractivity contribution in [3.05, 3.63) is 88.6 Å². The fourth-order valence-electron chi connectivity index (χ4n) is 5.12. The highest BCUT2D eigenvalue weighted by Crippen LogP contribution is 2.33. The van der Waals surface area contributed by atoms with Crippen molar-refractivity contribution in [1.82, 2.24) is 39.3 Å². The van der Waals surface area contributed by atoms with Crippen LogP contribution in [0.3, 0.4) is 0 Å². The predicted molar refractivity (Wildman–Crippen MR) is 150 cm³/mol. The zero-order valence-corrected chi connectivity index (χ0v) is 22.7. The molecule has 0 spiro atoms. The second kappa shape index (κ2) is 10.5. The third kappa shape index (κ3) is 4.79. The molecule has 0 saturated heterocycles. The maximum atomic E-state index is 13.6. The number of anilines is 1. The van der Waals surface area contributed by atoms with Gasteiger partial charge in [0.1, 0.15) is 0 Å². The average Bonchev–Trinajstić information content (AvgIpc) is 3.61. The average molecular weight is 556 g/mol. The Kier molecular flexibility index (Phi) is 6.72. The third-order valence-corrected chi connectivity index (χ3v) is 7.47. The number of aromatic nitrogens is 8. The van der Waals surface area contributed by atoms with Crippen LogP contribution < -0.4 is 10.9 Å². The van der Waals surface area contributed by atoms with E-state index in [0.29, 0.717) is 46.9 Å². The summed E-state index contributed by atoms with van der Waals surface area (Å²) in [5.74, 6) is -0.275. The van der Waals surface area contributed by atoms with Crippen molar-refractivity contribution in [2.75, 3.05) is 5.32 Å². The Morgan fingerprint density at radius 1 is 1.05 bits per heavy atom. The number of nitrogens with one attached hydrogen (secondary N) is 1. The van der Waals surface area contributed by atoms with Gasteiger partial charge in [-0.1, -0.05) is 30.2 Å². The van der Waals surface area contributed by atoms with Gasteiger partial charge in [-0.15, -0.1) is 5.10 Å². The molecule has 0 unspecified atom stereocenters. The maximum absolute atomic E-state index is 13.6. The van der Waals surface area contributed by atoms with E-state index in [0.717, 1.165) is 17.0 Å². The van der Waals surface area contributed by atoms with E-state index in [-0.39, 0.29) is 23.4 Å². The van der Waals surface area contributed by atoms with Crippen LogP contribution in [0.4, 0.5) is 5.69 Å². The van der Waals surface area contributed by atoms with E-state index in [9.17, 15) is 9.59 Å². The summed E-state index contributed by atoms with van der Waals surface area (Å²) in [5, 5.41) is 15.9. The van der Waals surface area contributed by atoms with E-state index in [1.807, 2.05) is 32.2 Å². The second-order valence-electron chi connectivity index (χ2n) is 9.87. The van der Waals surface area contributed by atoms with Crippen molar-refractivity contribution >= 4 is 23.2 Å². The van der Waals surface area contributed by atoms with E-state index in [1.54, 1.807) is 57.2 Å². The van der Waals surface area contributed by atoms with Gasteiger partial charge in [-0.05, 0) is 43.2 Å². The molecule has 0 radical (unpaired) electrons. The van der Waals surface area contributed by atoms with Gasteiger partial charge in [0.15, 0.2) is 0 Å². The molecule has 4 aromatic heterocycles. The highest BCUT2D eigenvalue weighted by Gasteiger charge is 2.24. The van der Waals surface area contributed by atoms with Gasteiger partial charge in [-0.2, -0.15) is 5.10 Å². The first kappa shape index (κ1) is 25.6. The van der Waals surface area contributed by atoms with E-state index < -0.39 is 0 Å². The van der Waals surface area contributed by atoms with Crippen LogP contribution in [0.2, 0.25) is 5.02 Å². The minimum absolute atomic E-state index is 0.0615. The maximum Gasteiger partial charge on any atom is 0.254 e. The number of hydrogen-bond donors (Lipinski definition) is 1. The summed E-state index contributed by atoms with van der Waals surface area (Å²) in [6.45, 7) is 1.91. The van der Waals surface area contributed by atoms with Crippen molar-refractivity contribution in [3.8, 4) is 28.2 Å². The number of aryl methyl sites for hydroxylation is 1. The van der Waals surface area contributed by atoms with Crippen LogP contribution in [-0.2, 0) is 11.8 Å². The highest BCUT2D eigenvalue weighted by atomic mass is 35.5. The van der Waals surface area contributed by atoms with Crippen molar-refractivity contribution in [1.29, 1.82) is 0 Å². The van der Waals surface area contributed by atoms with Crippen LogP contribution >= 0.6 is 11.6 Å². The Morgan fingerprint density at radius 2 is 1.93 bits per heavy atom. The molecule has 0 aliphatic carbocycles. The highest BCUT2D eigenvalue weighted by molar-refractivity contribution is 6.31. The Hall–Kier alpha value is -4.64. The first-order valence-electron chi connectivity index (χ1n) is 12.9. The van der Waals surface area contributed by atoms with E-state index in [4.69, 9.17) is 11.6 Å². The normalized spacial score (nSPS) is 17.4. The molecule has 5 aromatic rings. The fraction of sp³-hybridized carbons (Fsp3) is 0.250. The van der Waals surface area contributed by atoms with Gasteiger partial charge in [-0.3, -0.25) is 23.8 Å². The number of fused-ring (bicyclic) bond motifs is 4. The Labute approximate surface area is 234 Å². The quantitative estimate of drug-likeness (QED) is 0.352. The number of benzene rings is 1. The summed E-state index contributed by atoms with van der Waals surface area (Å²) in [7, 11) is 1.83. The standard InChI is InChI=1S/C28H26ClN9O2/c1-17-4-3-5-25(22-12-18(8-9-30-22)27-23(34-28(17)40)15-33-36(27)2)37-16-31-21(14-26(37)39)20-13-19(29)6-7-24(20)38-11-10-32-35-38/h6-17,25H,3-5H2,1-2H3,(H,34,40)/t17-,25+/m1/s1. The molecule has 12 heteroatoms. The molecule has 2 atom stereocenters. The molecule has 202 valence electrons. The summed E-state index contributed by atoms with van der Waals surface area (Å²) in [4.78, 5) is 35.9. The molecule has 40 heavy (non-hydrogen) atoms. The van der Waals surface area contributed by atoms with Crippen LogP contribution in [0.25, 0.3) is 28.2 Å². The van der Waals surface area contributed by atoms with Gasteiger partial charge in [0.25, 0.3) is 5.56 Å². The summed E-state index contributed by atoms with van der Waals surface area (Å²) >= 11 is 6.31. The van der Waals surface area contributed by atoms with Gasteiger partial charge >= 0.3 is 0 Å². The molecular formula is C28H26ClN9O2. The largest absolute Gasteiger partial charge is 0.323 e. The van der Waals surface area contributed by atoms with E-state index in [1.165, 1.54) is 6.07 Å². The minimum atomic E-state index is -0.380. The lowest BCUT2D eigenvalue weighted by atomic mass is 9.97. The van der Waals surface area contributed by atoms with Gasteiger partial charge in [-0.25, -0.2) is 9.67 Å². The van der Waals surface area contributed by atoms with Crippen molar-refractivity contribution < 1.29 is 4.79 Å². The van der Waals surface area contributed by atoms with Gasteiger partial charge in [0, 0.05) is 41.4 Å². The number of amides is 1. The topological polar surface area (TPSA) is 125 Å². The van der Waals surface area contributed by atoms with Crippen LogP contribution in [0, 0.1) is 5.92 Å². The van der Waals surface area contributed by atoms with Crippen LogP contribution in [0.15, 0.2) is 72.3 Å². The molecule has 11 nitrogen and oxygen atoms in total.